The lowest BCUT2D eigenvalue weighted by Crippen LogP contribution is -2.18. The van der Waals surface area contributed by atoms with Gasteiger partial charge in [-0.1, -0.05) is 48.0 Å². The van der Waals surface area contributed by atoms with E-state index in [9.17, 15) is 13.2 Å². The number of aryl methyl sites for hydroxylation is 1. The van der Waals surface area contributed by atoms with Crippen molar-refractivity contribution in [2.75, 3.05) is 12.4 Å². The van der Waals surface area contributed by atoms with E-state index in [0.29, 0.717) is 22.3 Å². The highest BCUT2D eigenvalue weighted by molar-refractivity contribution is 7.90. The Balaban J connectivity index is 1.61. The van der Waals surface area contributed by atoms with Crippen molar-refractivity contribution >= 4 is 32.3 Å². The highest BCUT2D eigenvalue weighted by Crippen LogP contribution is 2.28. The SMILES string of the molecule is COc1ccc(NC(=O)Cn2cc(S(=O)(=O)Cc3cccc(C)c3)c3ccccc32)cc1. The van der Waals surface area contributed by atoms with Gasteiger partial charge in [0.1, 0.15) is 12.3 Å². The third-order valence-corrected chi connectivity index (χ3v) is 6.92. The Bertz CT molecular complexity index is 1370. The molecule has 0 bridgehead atoms. The zero-order chi connectivity index (χ0) is 22.7. The monoisotopic (exact) mass is 448 g/mol. The first kappa shape index (κ1) is 21.6. The molecule has 1 aromatic heterocycles. The highest BCUT2D eigenvalue weighted by Gasteiger charge is 2.22. The maximum absolute atomic E-state index is 13.3. The van der Waals surface area contributed by atoms with Gasteiger partial charge in [-0.2, -0.15) is 0 Å². The number of anilines is 1. The first-order valence-corrected chi connectivity index (χ1v) is 11.8. The van der Waals surface area contributed by atoms with Crippen molar-refractivity contribution in [2.45, 2.75) is 24.1 Å². The summed E-state index contributed by atoms with van der Waals surface area (Å²) in [5.41, 5.74) is 3.08. The van der Waals surface area contributed by atoms with Gasteiger partial charge in [0.2, 0.25) is 5.91 Å². The van der Waals surface area contributed by atoms with E-state index in [-0.39, 0.29) is 23.1 Å². The van der Waals surface area contributed by atoms with Crippen LogP contribution in [0.5, 0.6) is 5.75 Å². The van der Waals surface area contributed by atoms with Crippen molar-refractivity contribution in [1.29, 1.82) is 0 Å². The minimum atomic E-state index is -3.60. The molecule has 0 spiro atoms. The van der Waals surface area contributed by atoms with E-state index in [0.717, 1.165) is 11.1 Å². The van der Waals surface area contributed by atoms with E-state index in [2.05, 4.69) is 5.32 Å². The molecule has 0 saturated heterocycles. The average Bonchev–Trinajstić information content (AvgIpc) is 3.13. The minimum Gasteiger partial charge on any atom is -0.497 e. The van der Waals surface area contributed by atoms with Gasteiger partial charge in [0, 0.05) is 22.8 Å². The van der Waals surface area contributed by atoms with Crippen molar-refractivity contribution < 1.29 is 17.9 Å². The van der Waals surface area contributed by atoms with Crippen LogP contribution in [0, 0.1) is 6.92 Å². The Labute approximate surface area is 187 Å². The fourth-order valence-corrected chi connectivity index (χ4v) is 5.29. The maximum atomic E-state index is 13.3. The zero-order valence-electron chi connectivity index (χ0n) is 17.9. The summed E-state index contributed by atoms with van der Waals surface area (Å²) in [5.74, 6) is 0.349. The van der Waals surface area contributed by atoms with Crippen LogP contribution in [0.2, 0.25) is 0 Å². The quantitative estimate of drug-likeness (QED) is 0.449. The summed E-state index contributed by atoms with van der Waals surface area (Å²) >= 11 is 0. The standard InChI is InChI=1S/C25H24N2O4S/c1-18-6-5-7-19(14-18)17-32(29,30)24-15-27(23-9-4-3-8-22(23)24)16-25(28)26-20-10-12-21(31-2)13-11-20/h3-15H,16-17H2,1-2H3,(H,26,28). The summed E-state index contributed by atoms with van der Waals surface area (Å²) in [6.45, 7) is 1.93. The van der Waals surface area contributed by atoms with Crippen molar-refractivity contribution in [1.82, 2.24) is 4.57 Å². The number of benzene rings is 3. The summed E-state index contributed by atoms with van der Waals surface area (Å²) in [7, 11) is -2.03. The minimum absolute atomic E-state index is 0.00743. The summed E-state index contributed by atoms with van der Waals surface area (Å²) in [6.07, 6.45) is 1.56. The summed E-state index contributed by atoms with van der Waals surface area (Å²) < 4.78 is 33.3. The third-order valence-electron chi connectivity index (χ3n) is 5.21. The molecule has 1 amide bonds. The first-order valence-electron chi connectivity index (χ1n) is 10.2. The Hall–Kier alpha value is -3.58. The molecule has 0 unspecified atom stereocenters. The molecule has 0 aliphatic rings. The lowest BCUT2D eigenvalue weighted by atomic mass is 10.2. The molecule has 0 fully saturated rings. The van der Waals surface area contributed by atoms with Crippen LogP contribution in [0.1, 0.15) is 11.1 Å². The number of aromatic nitrogens is 1. The number of fused-ring (bicyclic) bond motifs is 1. The van der Waals surface area contributed by atoms with E-state index in [1.54, 1.807) is 54.3 Å². The summed E-state index contributed by atoms with van der Waals surface area (Å²) in [6, 6.07) is 21.7. The van der Waals surface area contributed by atoms with E-state index >= 15 is 0 Å². The lowest BCUT2D eigenvalue weighted by molar-refractivity contribution is -0.116. The normalized spacial score (nSPS) is 11.4. The van der Waals surface area contributed by atoms with E-state index in [1.807, 2.05) is 43.3 Å². The largest absolute Gasteiger partial charge is 0.497 e. The van der Waals surface area contributed by atoms with Crippen molar-refractivity contribution in [2.24, 2.45) is 0 Å². The van der Waals surface area contributed by atoms with E-state index in [4.69, 9.17) is 4.74 Å². The molecule has 164 valence electrons. The number of hydrogen-bond donors (Lipinski definition) is 1. The fraction of sp³-hybridized carbons (Fsp3) is 0.160. The molecule has 6 nitrogen and oxygen atoms in total. The Morgan fingerprint density at radius 3 is 2.47 bits per heavy atom. The molecule has 0 radical (unpaired) electrons. The second-order valence-electron chi connectivity index (χ2n) is 7.66. The van der Waals surface area contributed by atoms with Gasteiger partial charge in [-0.3, -0.25) is 4.79 Å². The zero-order valence-corrected chi connectivity index (χ0v) is 18.7. The molecule has 1 heterocycles. The number of ether oxygens (including phenoxy) is 1. The molecule has 0 aliphatic carbocycles. The van der Waals surface area contributed by atoms with Crippen LogP contribution in [0.15, 0.2) is 83.9 Å². The number of nitrogens with zero attached hydrogens (tertiary/aromatic N) is 1. The van der Waals surface area contributed by atoms with Gasteiger partial charge in [-0.15, -0.1) is 0 Å². The van der Waals surface area contributed by atoms with Crippen molar-refractivity contribution in [3.8, 4) is 5.75 Å². The molecule has 3 aromatic carbocycles. The Morgan fingerprint density at radius 1 is 1.00 bits per heavy atom. The molecular weight excluding hydrogens is 424 g/mol. The Kier molecular flexibility index (Phi) is 6.01. The molecule has 7 heteroatoms. The van der Waals surface area contributed by atoms with Crippen LogP contribution in [0.4, 0.5) is 5.69 Å². The first-order chi connectivity index (χ1) is 15.4. The molecule has 0 saturated carbocycles. The summed E-state index contributed by atoms with van der Waals surface area (Å²) in [5, 5.41) is 3.44. The molecule has 1 N–H and O–H groups in total. The predicted octanol–water partition coefficient (Wildman–Crippen LogP) is 4.57. The second kappa shape index (κ2) is 8.88. The van der Waals surface area contributed by atoms with Gasteiger partial charge in [0.25, 0.3) is 0 Å². The molecule has 0 aliphatic heterocycles. The van der Waals surface area contributed by atoms with Crippen LogP contribution in [-0.2, 0) is 26.9 Å². The second-order valence-corrected chi connectivity index (χ2v) is 9.62. The molecule has 4 rings (SSSR count). The van der Waals surface area contributed by atoms with Gasteiger partial charge in [-0.05, 0) is 42.8 Å². The number of rotatable bonds is 7. The smallest absolute Gasteiger partial charge is 0.244 e. The summed E-state index contributed by atoms with van der Waals surface area (Å²) in [4.78, 5) is 12.9. The fourth-order valence-electron chi connectivity index (χ4n) is 3.72. The molecule has 32 heavy (non-hydrogen) atoms. The van der Waals surface area contributed by atoms with E-state index in [1.165, 1.54) is 0 Å². The number of carbonyl (C=O) groups is 1. The molecule has 4 aromatic rings. The van der Waals surface area contributed by atoms with E-state index < -0.39 is 9.84 Å². The van der Waals surface area contributed by atoms with Gasteiger partial charge >= 0.3 is 0 Å². The highest BCUT2D eigenvalue weighted by atomic mass is 32.2. The van der Waals surface area contributed by atoms with Crippen LogP contribution in [-0.4, -0.2) is 26.0 Å². The van der Waals surface area contributed by atoms with Crippen LogP contribution < -0.4 is 10.1 Å². The number of sulfone groups is 1. The lowest BCUT2D eigenvalue weighted by Gasteiger charge is -2.08. The van der Waals surface area contributed by atoms with Crippen molar-refractivity contribution in [3.05, 3.63) is 90.1 Å². The average molecular weight is 449 g/mol. The number of amides is 1. The van der Waals surface area contributed by atoms with Gasteiger partial charge in [-0.25, -0.2) is 8.42 Å². The topological polar surface area (TPSA) is 77.4 Å². The Morgan fingerprint density at radius 2 is 1.75 bits per heavy atom. The van der Waals surface area contributed by atoms with Gasteiger partial charge in [0.15, 0.2) is 9.84 Å². The number of hydrogen-bond acceptors (Lipinski definition) is 4. The number of para-hydroxylation sites is 1. The number of nitrogens with one attached hydrogen (secondary N) is 1. The third kappa shape index (κ3) is 4.68. The van der Waals surface area contributed by atoms with Crippen molar-refractivity contribution in [3.63, 3.8) is 0 Å². The predicted molar refractivity (Wildman–Crippen MR) is 126 cm³/mol. The van der Waals surface area contributed by atoms with Gasteiger partial charge in [0.05, 0.1) is 17.8 Å². The van der Waals surface area contributed by atoms with Crippen LogP contribution in [0.3, 0.4) is 0 Å². The maximum Gasteiger partial charge on any atom is 0.244 e. The van der Waals surface area contributed by atoms with Gasteiger partial charge < -0.3 is 14.6 Å². The molecule has 0 atom stereocenters. The number of carbonyl (C=O) groups excluding carboxylic acids is 1. The molecular formula is C25H24N2O4S. The van der Waals surface area contributed by atoms with Crippen LogP contribution >= 0.6 is 0 Å². The van der Waals surface area contributed by atoms with Crippen LogP contribution in [0.25, 0.3) is 10.9 Å². The number of methoxy groups -OCH3 is 1.